The van der Waals surface area contributed by atoms with Gasteiger partial charge >= 0.3 is 0 Å². The Morgan fingerprint density at radius 1 is 1.05 bits per heavy atom. The molecular formula is C33H40N4O3. The molecule has 1 fully saturated rings. The van der Waals surface area contributed by atoms with Crippen LogP contribution in [0.5, 0.6) is 0 Å². The lowest BCUT2D eigenvalue weighted by molar-refractivity contribution is -0.128. The molecule has 1 N–H and O–H groups in total. The van der Waals surface area contributed by atoms with E-state index >= 15 is 0 Å². The molecule has 1 aliphatic carbocycles. The van der Waals surface area contributed by atoms with Crippen molar-refractivity contribution in [2.75, 3.05) is 26.8 Å². The average Bonchev–Trinajstić information content (AvgIpc) is 3.53. The van der Waals surface area contributed by atoms with Gasteiger partial charge in [0, 0.05) is 45.7 Å². The van der Waals surface area contributed by atoms with Crippen LogP contribution in [0.25, 0.3) is 11.3 Å². The van der Waals surface area contributed by atoms with E-state index < -0.39 is 0 Å². The largest absolute Gasteiger partial charge is 0.385 e. The molecule has 40 heavy (non-hydrogen) atoms. The van der Waals surface area contributed by atoms with Crippen molar-refractivity contribution >= 4 is 17.4 Å². The van der Waals surface area contributed by atoms with E-state index in [1.807, 2.05) is 46.0 Å². The van der Waals surface area contributed by atoms with Gasteiger partial charge in [-0.25, -0.2) is 4.68 Å². The standard InChI is InChI=1S/C33H40N4O3/c1-23-31(22-32(39)34-30-21-25(16-19-40-3)20-29(30)26-10-6-4-7-11-26)37(28-12-8-5-9-13-28)35-33(23)27-14-17-36(18-15-27)24(2)38/h4-14,25,29-30H,15-22H2,1-3H3,(H,34,39)/t25-,29-,30+/m0/s1. The topological polar surface area (TPSA) is 76.5 Å². The van der Waals surface area contributed by atoms with Crippen molar-refractivity contribution in [3.05, 3.63) is 89.3 Å². The van der Waals surface area contributed by atoms with Crippen LogP contribution in [0.15, 0.2) is 66.7 Å². The Labute approximate surface area is 237 Å². The molecule has 2 amide bonds. The Hall–Kier alpha value is -3.71. The third-order valence-electron chi connectivity index (χ3n) is 8.50. The van der Waals surface area contributed by atoms with Gasteiger partial charge in [0.05, 0.1) is 23.5 Å². The molecule has 3 aromatic rings. The molecular weight excluding hydrogens is 500 g/mol. The number of amides is 2. The third-order valence-corrected chi connectivity index (χ3v) is 8.50. The van der Waals surface area contributed by atoms with Gasteiger partial charge in [-0.3, -0.25) is 9.59 Å². The minimum absolute atomic E-state index is 0.0189. The van der Waals surface area contributed by atoms with Crippen molar-refractivity contribution in [1.29, 1.82) is 0 Å². The molecule has 1 aromatic heterocycles. The molecule has 0 unspecified atom stereocenters. The molecule has 2 aromatic carbocycles. The zero-order chi connectivity index (χ0) is 28.1. The summed E-state index contributed by atoms with van der Waals surface area (Å²) in [5, 5.41) is 8.43. The van der Waals surface area contributed by atoms with Gasteiger partial charge in [0.25, 0.3) is 0 Å². The second kappa shape index (κ2) is 12.6. The van der Waals surface area contributed by atoms with E-state index in [0.29, 0.717) is 24.9 Å². The molecule has 2 heterocycles. The number of hydrogen-bond donors (Lipinski definition) is 1. The molecule has 3 atom stereocenters. The van der Waals surface area contributed by atoms with Crippen LogP contribution in [0, 0.1) is 12.8 Å². The summed E-state index contributed by atoms with van der Waals surface area (Å²) >= 11 is 0. The quantitative estimate of drug-likeness (QED) is 0.411. The van der Waals surface area contributed by atoms with Crippen molar-refractivity contribution in [2.24, 2.45) is 5.92 Å². The number of nitrogens with zero attached hydrogens (tertiary/aromatic N) is 3. The first kappa shape index (κ1) is 27.8. The van der Waals surface area contributed by atoms with Crippen molar-refractivity contribution in [1.82, 2.24) is 20.0 Å². The lowest BCUT2D eigenvalue weighted by Gasteiger charge is -2.24. The number of para-hydroxylation sites is 1. The summed E-state index contributed by atoms with van der Waals surface area (Å²) in [6, 6.07) is 20.6. The molecule has 0 spiro atoms. The number of aromatic nitrogens is 2. The van der Waals surface area contributed by atoms with Crippen molar-refractivity contribution in [2.45, 2.75) is 57.9 Å². The number of benzene rings is 2. The molecule has 0 radical (unpaired) electrons. The Bertz CT molecular complexity index is 1350. The predicted octanol–water partition coefficient (Wildman–Crippen LogP) is 5.07. The summed E-state index contributed by atoms with van der Waals surface area (Å²) in [6.07, 6.45) is 6.11. The fraction of sp³-hybridized carbons (Fsp3) is 0.424. The van der Waals surface area contributed by atoms with E-state index in [1.54, 1.807) is 14.0 Å². The molecule has 1 saturated carbocycles. The number of carbonyl (C=O) groups is 2. The average molecular weight is 541 g/mol. The highest BCUT2D eigenvalue weighted by molar-refractivity contribution is 5.80. The van der Waals surface area contributed by atoms with Gasteiger partial charge in [-0.1, -0.05) is 54.6 Å². The lowest BCUT2D eigenvalue weighted by Crippen LogP contribution is -2.38. The number of nitrogens with one attached hydrogen (secondary N) is 1. The first-order valence-electron chi connectivity index (χ1n) is 14.4. The van der Waals surface area contributed by atoms with Gasteiger partial charge in [0.2, 0.25) is 11.8 Å². The van der Waals surface area contributed by atoms with Crippen molar-refractivity contribution < 1.29 is 14.3 Å². The maximum atomic E-state index is 13.7. The highest BCUT2D eigenvalue weighted by Crippen LogP contribution is 2.40. The van der Waals surface area contributed by atoms with E-state index in [1.165, 1.54) is 5.56 Å². The van der Waals surface area contributed by atoms with Gasteiger partial charge in [-0.05, 0) is 67.4 Å². The zero-order valence-electron chi connectivity index (χ0n) is 23.8. The number of ether oxygens (including phenoxy) is 1. The van der Waals surface area contributed by atoms with Crippen molar-refractivity contribution in [3.8, 4) is 5.69 Å². The lowest BCUT2D eigenvalue weighted by atomic mass is 9.93. The van der Waals surface area contributed by atoms with Crippen LogP contribution in [0.2, 0.25) is 0 Å². The molecule has 5 rings (SSSR count). The molecule has 2 aliphatic rings. The summed E-state index contributed by atoms with van der Waals surface area (Å²) in [5.41, 5.74) is 6.18. The summed E-state index contributed by atoms with van der Waals surface area (Å²) < 4.78 is 7.28. The fourth-order valence-electron chi connectivity index (χ4n) is 6.30. The van der Waals surface area contributed by atoms with Gasteiger partial charge in [0.1, 0.15) is 0 Å². The molecule has 0 bridgehead atoms. The molecule has 1 aliphatic heterocycles. The van der Waals surface area contributed by atoms with Gasteiger partial charge in [-0.15, -0.1) is 0 Å². The predicted molar refractivity (Wildman–Crippen MR) is 157 cm³/mol. The second-order valence-corrected chi connectivity index (χ2v) is 11.1. The van der Waals surface area contributed by atoms with Crippen LogP contribution in [0.1, 0.15) is 61.0 Å². The molecule has 210 valence electrons. The minimum atomic E-state index is 0.0189. The Morgan fingerprint density at radius 3 is 2.42 bits per heavy atom. The van der Waals surface area contributed by atoms with Crippen LogP contribution in [0.4, 0.5) is 0 Å². The molecule has 0 saturated heterocycles. The number of hydrogen-bond acceptors (Lipinski definition) is 4. The highest BCUT2D eigenvalue weighted by atomic mass is 16.5. The summed E-state index contributed by atoms with van der Waals surface area (Å²) in [7, 11) is 1.75. The normalized spacial score (nSPS) is 20.8. The van der Waals surface area contributed by atoms with E-state index in [9.17, 15) is 9.59 Å². The Balaban J connectivity index is 1.39. The van der Waals surface area contributed by atoms with Crippen LogP contribution in [-0.2, 0) is 20.7 Å². The van der Waals surface area contributed by atoms with Crippen LogP contribution >= 0.6 is 0 Å². The smallest absolute Gasteiger partial charge is 0.226 e. The van der Waals surface area contributed by atoms with E-state index in [0.717, 1.165) is 60.5 Å². The first-order valence-corrected chi connectivity index (χ1v) is 14.4. The summed E-state index contributed by atoms with van der Waals surface area (Å²) in [5.74, 6) is 0.917. The number of carbonyl (C=O) groups excluding carboxylic acids is 2. The van der Waals surface area contributed by atoms with Crippen LogP contribution < -0.4 is 5.32 Å². The number of methoxy groups -OCH3 is 1. The SMILES string of the molecule is COCC[C@@H]1C[C@@H](NC(=O)Cc2c(C)c(C3=CCN(C(C)=O)CC3)nn2-c2ccccc2)[C@H](c2ccccc2)C1. The highest BCUT2D eigenvalue weighted by Gasteiger charge is 2.36. The van der Waals surface area contributed by atoms with E-state index in [4.69, 9.17) is 9.84 Å². The van der Waals surface area contributed by atoms with Crippen LogP contribution in [0.3, 0.4) is 0 Å². The fourth-order valence-corrected chi connectivity index (χ4v) is 6.30. The third kappa shape index (κ3) is 6.20. The first-order chi connectivity index (χ1) is 19.4. The molecule has 7 nitrogen and oxygen atoms in total. The van der Waals surface area contributed by atoms with Crippen molar-refractivity contribution in [3.63, 3.8) is 0 Å². The molecule has 7 heteroatoms. The monoisotopic (exact) mass is 540 g/mol. The summed E-state index contributed by atoms with van der Waals surface area (Å²) in [4.78, 5) is 27.3. The van der Waals surface area contributed by atoms with E-state index in [2.05, 4.69) is 42.6 Å². The van der Waals surface area contributed by atoms with E-state index in [-0.39, 0.29) is 24.3 Å². The van der Waals surface area contributed by atoms with Crippen LogP contribution in [-0.4, -0.2) is 59.3 Å². The Kier molecular flexibility index (Phi) is 8.80. The minimum Gasteiger partial charge on any atom is -0.385 e. The Morgan fingerprint density at radius 2 is 1.77 bits per heavy atom. The van der Waals surface area contributed by atoms with Gasteiger partial charge in [-0.2, -0.15) is 5.10 Å². The number of rotatable bonds is 9. The zero-order valence-corrected chi connectivity index (χ0v) is 23.8. The maximum absolute atomic E-state index is 13.7. The van der Waals surface area contributed by atoms with Gasteiger partial charge < -0.3 is 15.0 Å². The maximum Gasteiger partial charge on any atom is 0.226 e. The summed E-state index contributed by atoms with van der Waals surface area (Å²) in [6.45, 7) is 5.68. The van der Waals surface area contributed by atoms with Gasteiger partial charge in [0.15, 0.2) is 0 Å². The second-order valence-electron chi connectivity index (χ2n) is 11.1.